The second-order valence-electron chi connectivity index (χ2n) is 11.9. The number of rotatable bonds is 4. The van der Waals surface area contributed by atoms with Crippen LogP contribution in [-0.2, 0) is 30.9 Å². The van der Waals surface area contributed by atoms with Crippen LogP contribution in [0.25, 0.3) is 0 Å². The Morgan fingerprint density at radius 2 is 0.630 bits per heavy atom. The zero-order valence-corrected chi connectivity index (χ0v) is 30.0. The van der Waals surface area contributed by atoms with E-state index in [1.165, 1.54) is 34.7 Å². The number of ether oxygens (including phenoxy) is 1. The van der Waals surface area contributed by atoms with Gasteiger partial charge in [-0.15, -0.1) is 0 Å². The fourth-order valence-corrected chi connectivity index (χ4v) is 5.27. The van der Waals surface area contributed by atoms with Crippen LogP contribution in [0.4, 0.5) is 0 Å². The van der Waals surface area contributed by atoms with E-state index in [0.717, 1.165) is 13.2 Å². The van der Waals surface area contributed by atoms with E-state index in [4.69, 9.17) is 9.84 Å². The van der Waals surface area contributed by atoms with Crippen molar-refractivity contribution in [2.75, 3.05) is 13.2 Å². The van der Waals surface area contributed by atoms with Gasteiger partial charge in [-0.25, -0.2) is 0 Å². The van der Waals surface area contributed by atoms with Crippen LogP contribution in [0, 0.1) is 64.2 Å². The van der Waals surface area contributed by atoms with Gasteiger partial charge < -0.3 is 9.84 Å². The van der Waals surface area contributed by atoms with Gasteiger partial charge in [0.25, 0.3) is 0 Å². The molecule has 0 bridgehead atoms. The van der Waals surface area contributed by atoms with E-state index in [1.54, 1.807) is 20.8 Å². The van der Waals surface area contributed by atoms with E-state index in [0.29, 0.717) is 0 Å². The predicted molar refractivity (Wildman–Crippen MR) is 195 cm³/mol. The summed E-state index contributed by atoms with van der Waals surface area (Å²) < 4.78 is 4.94. The van der Waals surface area contributed by atoms with E-state index in [-0.39, 0.29) is 26.2 Å². The van der Waals surface area contributed by atoms with Crippen LogP contribution in [0.2, 0.25) is 0 Å². The van der Waals surface area contributed by atoms with Crippen molar-refractivity contribution in [1.29, 1.82) is 0 Å². The third-order valence-corrected chi connectivity index (χ3v) is 7.14. The average Bonchev–Trinajstić information content (AvgIpc) is 3.91. The van der Waals surface area contributed by atoms with Crippen LogP contribution in [0.3, 0.4) is 0 Å². The molecule has 4 aromatic carbocycles. The fraction of sp³-hybridized carbons (Fsp3) is 0.190. The molecule has 11 radical (unpaired) electrons. The average molecular weight is 687 g/mol. The monoisotopic (exact) mass is 685 g/mol. The zero-order valence-electron chi connectivity index (χ0n) is 27.6. The van der Waals surface area contributed by atoms with Crippen LogP contribution in [0.1, 0.15) is 33.6 Å². The van der Waals surface area contributed by atoms with Gasteiger partial charge in [0, 0.05) is 13.2 Å². The zero-order chi connectivity index (χ0) is 32.1. The van der Waals surface area contributed by atoms with Gasteiger partial charge in [0.1, 0.15) is 6.15 Å². The Morgan fingerprint density at radius 1 is 0.435 bits per heavy atom. The molecule has 0 spiro atoms. The minimum Gasteiger partial charge on any atom is -0.391 e. The molecule has 1 N–H and O–H groups in total. The van der Waals surface area contributed by atoms with Crippen LogP contribution in [0.5, 0.6) is 0 Å². The van der Waals surface area contributed by atoms with Gasteiger partial charge in [-0.2, -0.15) is 21.9 Å². The summed E-state index contributed by atoms with van der Waals surface area (Å²) in [5.41, 5.74) is 4.86. The van der Waals surface area contributed by atoms with Gasteiger partial charge in [0.15, 0.2) is 0 Å². The number of hydrogen-bond acceptors (Lipinski definition) is 2. The van der Waals surface area contributed by atoms with Gasteiger partial charge >= 0.3 is 26.2 Å². The topological polar surface area (TPSA) is 29.5 Å². The third kappa shape index (κ3) is 14.7. The summed E-state index contributed by atoms with van der Waals surface area (Å²) >= 11 is 0. The maximum absolute atomic E-state index is 8.52. The second-order valence-corrected chi connectivity index (χ2v) is 11.9. The van der Waals surface area contributed by atoms with Gasteiger partial charge in [-0.05, 0) is 97.8 Å². The second kappa shape index (κ2) is 23.1. The van der Waals surface area contributed by atoms with E-state index >= 15 is 0 Å². The molecule has 2 saturated carbocycles. The molecule has 0 atom stereocenters. The van der Waals surface area contributed by atoms with Crippen molar-refractivity contribution in [2.45, 2.75) is 39.2 Å². The molecule has 3 aliphatic rings. The fourth-order valence-electron chi connectivity index (χ4n) is 5.27. The Kier molecular flexibility index (Phi) is 20.1. The molecular formula is C42H48BO2Zr+2. The molecule has 4 aromatic rings. The van der Waals surface area contributed by atoms with Crippen molar-refractivity contribution in [3.63, 3.8) is 0 Å². The minimum atomic E-state index is -1.22. The predicted octanol–water partition coefficient (Wildman–Crippen LogP) is 6.68. The van der Waals surface area contributed by atoms with E-state index < -0.39 is 11.7 Å². The molecule has 46 heavy (non-hydrogen) atoms. The molecule has 2 aliphatic carbocycles. The Bertz CT molecular complexity index is 1030. The third-order valence-electron chi connectivity index (χ3n) is 7.14. The SMILES string of the molecule is C1CCOC1.CC(C)(C)O.[CH]1[CH][CH][CH][CH]1.[CH]1[CH][CH][CH][CH]1.[Zr+3].c1ccc([B-](c2ccccc2)(c2ccccc2)c2ccccc2)cc1. The van der Waals surface area contributed by atoms with Crippen molar-refractivity contribution in [1.82, 2.24) is 0 Å². The van der Waals surface area contributed by atoms with Crippen molar-refractivity contribution >= 4 is 28.0 Å². The quantitative estimate of drug-likeness (QED) is 0.243. The molecule has 1 heterocycles. The first-order valence-electron chi connectivity index (χ1n) is 15.9. The molecule has 0 unspecified atom stereocenters. The van der Waals surface area contributed by atoms with Crippen LogP contribution in [-0.4, -0.2) is 30.1 Å². The van der Waals surface area contributed by atoms with Crippen molar-refractivity contribution in [2.24, 2.45) is 0 Å². The molecular weight excluding hydrogens is 638 g/mol. The number of hydrogen-bond donors (Lipinski definition) is 1. The summed E-state index contributed by atoms with van der Waals surface area (Å²) in [6, 6.07) is 43.5. The van der Waals surface area contributed by atoms with Gasteiger partial charge in [0.05, 0.1) is 5.60 Å². The normalized spacial score (nSPS) is 15.2. The summed E-state index contributed by atoms with van der Waals surface area (Å²) in [5.74, 6) is 0. The molecule has 233 valence electrons. The molecule has 2 nitrogen and oxygen atoms in total. The first-order chi connectivity index (χ1) is 21.9. The summed E-state index contributed by atoms with van der Waals surface area (Å²) in [4.78, 5) is 0. The first kappa shape index (κ1) is 39.9. The Balaban J connectivity index is 0.000000281. The molecule has 1 saturated heterocycles. The summed E-state index contributed by atoms with van der Waals surface area (Å²) in [5, 5.41) is 8.52. The summed E-state index contributed by atoms with van der Waals surface area (Å²) in [6.45, 7) is 7.23. The van der Waals surface area contributed by atoms with Gasteiger partial charge in [0.2, 0.25) is 0 Å². The number of benzene rings is 4. The van der Waals surface area contributed by atoms with Gasteiger partial charge in [-0.1, -0.05) is 121 Å². The van der Waals surface area contributed by atoms with Crippen LogP contribution >= 0.6 is 0 Å². The van der Waals surface area contributed by atoms with Crippen molar-refractivity contribution in [3.05, 3.63) is 186 Å². The van der Waals surface area contributed by atoms with E-state index in [1.807, 2.05) is 64.2 Å². The van der Waals surface area contributed by atoms with Crippen LogP contribution in [0.15, 0.2) is 121 Å². The molecule has 3 fully saturated rings. The summed E-state index contributed by atoms with van der Waals surface area (Å²) in [6.07, 6.45) is 21.3. The maximum atomic E-state index is 8.52. The molecule has 0 amide bonds. The van der Waals surface area contributed by atoms with Gasteiger partial charge in [-0.3, -0.25) is 0 Å². The van der Waals surface area contributed by atoms with Crippen molar-refractivity contribution < 1.29 is 36.0 Å². The minimum absolute atomic E-state index is 0. The van der Waals surface area contributed by atoms with Crippen molar-refractivity contribution in [3.8, 4) is 0 Å². The first-order valence-corrected chi connectivity index (χ1v) is 15.9. The van der Waals surface area contributed by atoms with Crippen LogP contribution < -0.4 is 21.9 Å². The van der Waals surface area contributed by atoms with E-state index in [9.17, 15) is 0 Å². The maximum Gasteiger partial charge on any atom is 3.00 e. The Labute approximate surface area is 300 Å². The smallest absolute Gasteiger partial charge is 0.391 e. The molecule has 0 aromatic heterocycles. The number of aliphatic hydroxyl groups is 1. The molecule has 7 rings (SSSR count). The Morgan fingerprint density at radius 3 is 0.783 bits per heavy atom. The van der Waals surface area contributed by atoms with E-state index in [2.05, 4.69) is 121 Å². The Hall–Kier alpha value is -2.25. The molecule has 1 aliphatic heterocycles. The standard InChI is InChI=1S/C24H20B.2C5H5.C4H8O.C4H10O.Zr/c1-5-13-21(14-6-1)25(22-15-7-2-8-16-22,23-17-9-3-10-18-23)24-19-11-4-12-20-24;3*1-2-4-5-3-1;1-4(2,3)5;/h1-20H;2*1-5H;1-4H2;5H,1-3H3;/q-1;;;;;+3. The summed E-state index contributed by atoms with van der Waals surface area (Å²) in [7, 11) is 0. The largest absolute Gasteiger partial charge is 3.00 e. The molecule has 4 heteroatoms.